The minimum absolute atomic E-state index is 0.251. The maximum absolute atomic E-state index is 12.6. The third-order valence-corrected chi connectivity index (χ3v) is 6.08. The molecule has 0 bridgehead atoms. The molecule has 1 saturated carbocycles. The summed E-state index contributed by atoms with van der Waals surface area (Å²) in [5, 5.41) is 3.49. The van der Waals surface area contributed by atoms with Gasteiger partial charge in [0, 0.05) is 17.4 Å². The average Bonchev–Trinajstić information content (AvgIpc) is 3.09. The smallest absolute Gasteiger partial charge is 0.262 e. The van der Waals surface area contributed by atoms with Crippen LogP contribution in [0.4, 0.5) is 11.4 Å². The summed E-state index contributed by atoms with van der Waals surface area (Å²) in [4.78, 5) is 0.251. The van der Waals surface area contributed by atoms with E-state index in [1.165, 1.54) is 25.7 Å². The molecule has 0 heterocycles. The first-order valence-corrected chi connectivity index (χ1v) is 10.0. The summed E-state index contributed by atoms with van der Waals surface area (Å²) in [7, 11) is -2.07. The molecule has 5 nitrogen and oxygen atoms in total. The van der Waals surface area contributed by atoms with Gasteiger partial charge in [0.1, 0.15) is 5.75 Å². The molecule has 6 heteroatoms. The highest BCUT2D eigenvalue weighted by atomic mass is 32.2. The molecule has 0 atom stereocenters. The quantitative estimate of drug-likeness (QED) is 0.812. The number of hydrogen-bond donors (Lipinski definition) is 2. The normalized spacial score (nSPS) is 15.1. The predicted octanol–water partition coefficient (Wildman–Crippen LogP) is 4.16. The highest BCUT2D eigenvalue weighted by molar-refractivity contribution is 7.92. The molecular formula is C19H24N2O3S. The fourth-order valence-corrected chi connectivity index (χ4v) is 4.49. The predicted molar refractivity (Wildman–Crippen MR) is 101 cm³/mol. The Hall–Kier alpha value is -2.21. The van der Waals surface area contributed by atoms with E-state index >= 15 is 0 Å². The van der Waals surface area contributed by atoms with Gasteiger partial charge in [-0.3, -0.25) is 4.72 Å². The SMILES string of the molecule is COc1ccc(S(=O)(=O)Nc2ccc(NC3CCCC3)cc2)c(C)c1. The van der Waals surface area contributed by atoms with Gasteiger partial charge in [-0.25, -0.2) is 8.42 Å². The highest BCUT2D eigenvalue weighted by Crippen LogP contribution is 2.25. The Morgan fingerprint density at radius 3 is 2.24 bits per heavy atom. The van der Waals surface area contributed by atoms with Crippen molar-refractivity contribution in [1.29, 1.82) is 0 Å². The van der Waals surface area contributed by atoms with Crippen LogP contribution in [-0.4, -0.2) is 21.6 Å². The van der Waals surface area contributed by atoms with Gasteiger partial charge in [-0.1, -0.05) is 12.8 Å². The molecule has 25 heavy (non-hydrogen) atoms. The first kappa shape index (κ1) is 17.6. The van der Waals surface area contributed by atoms with Crippen LogP contribution in [0.25, 0.3) is 0 Å². The van der Waals surface area contributed by atoms with E-state index in [4.69, 9.17) is 4.74 Å². The number of anilines is 2. The second kappa shape index (κ2) is 7.35. The maximum Gasteiger partial charge on any atom is 0.262 e. The van der Waals surface area contributed by atoms with Crippen LogP contribution in [-0.2, 0) is 10.0 Å². The van der Waals surface area contributed by atoms with Crippen molar-refractivity contribution in [2.45, 2.75) is 43.5 Å². The first-order valence-electron chi connectivity index (χ1n) is 8.52. The molecule has 3 rings (SSSR count). The van der Waals surface area contributed by atoms with E-state index in [1.807, 2.05) is 12.1 Å². The lowest BCUT2D eigenvalue weighted by atomic mass is 10.2. The molecule has 1 aliphatic carbocycles. The van der Waals surface area contributed by atoms with Crippen molar-refractivity contribution in [2.24, 2.45) is 0 Å². The summed E-state index contributed by atoms with van der Waals surface area (Å²) >= 11 is 0. The van der Waals surface area contributed by atoms with Crippen molar-refractivity contribution < 1.29 is 13.2 Å². The molecule has 0 unspecified atom stereocenters. The van der Waals surface area contributed by atoms with Crippen molar-refractivity contribution in [3.05, 3.63) is 48.0 Å². The Balaban J connectivity index is 1.72. The van der Waals surface area contributed by atoms with Gasteiger partial charge in [0.15, 0.2) is 0 Å². The van der Waals surface area contributed by atoms with Crippen LogP contribution in [0.15, 0.2) is 47.4 Å². The van der Waals surface area contributed by atoms with Crippen LogP contribution in [0.1, 0.15) is 31.2 Å². The van der Waals surface area contributed by atoms with Gasteiger partial charge in [0.2, 0.25) is 0 Å². The van der Waals surface area contributed by atoms with E-state index in [2.05, 4.69) is 10.0 Å². The fraction of sp³-hybridized carbons (Fsp3) is 0.368. The molecular weight excluding hydrogens is 336 g/mol. The van der Waals surface area contributed by atoms with E-state index in [0.29, 0.717) is 23.0 Å². The summed E-state index contributed by atoms with van der Waals surface area (Å²) in [6.07, 6.45) is 4.95. The molecule has 2 N–H and O–H groups in total. The molecule has 0 spiro atoms. The number of hydrogen-bond acceptors (Lipinski definition) is 4. The zero-order valence-electron chi connectivity index (χ0n) is 14.6. The van der Waals surface area contributed by atoms with Gasteiger partial charge >= 0.3 is 0 Å². The van der Waals surface area contributed by atoms with Crippen molar-refractivity contribution in [2.75, 3.05) is 17.1 Å². The van der Waals surface area contributed by atoms with Crippen molar-refractivity contribution in [3.8, 4) is 5.75 Å². The number of methoxy groups -OCH3 is 1. The molecule has 2 aromatic carbocycles. The third kappa shape index (κ3) is 4.25. The second-order valence-corrected chi connectivity index (χ2v) is 8.09. The Labute approximate surface area is 149 Å². The van der Waals surface area contributed by atoms with E-state index < -0.39 is 10.0 Å². The monoisotopic (exact) mass is 360 g/mol. The average molecular weight is 360 g/mol. The number of nitrogens with one attached hydrogen (secondary N) is 2. The van der Waals surface area contributed by atoms with Crippen LogP contribution >= 0.6 is 0 Å². The molecule has 1 fully saturated rings. The van der Waals surface area contributed by atoms with Gasteiger partial charge in [0.25, 0.3) is 10.0 Å². The molecule has 0 aliphatic heterocycles. The summed E-state index contributed by atoms with van der Waals surface area (Å²) < 4.78 is 33.0. The first-order chi connectivity index (χ1) is 12.0. The zero-order chi connectivity index (χ0) is 17.9. The molecule has 134 valence electrons. The number of sulfonamides is 1. The van der Waals surface area contributed by atoms with E-state index in [1.54, 1.807) is 44.4 Å². The molecule has 0 amide bonds. The Kier molecular flexibility index (Phi) is 5.18. The molecule has 2 aromatic rings. The highest BCUT2D eigenvalue weighted by Gasteiger charge is 2.18. The van der Waals surface area contributed by atoms with Crippen molar-refractivity contribution >= 4 is 21.4 Å². The van der Waals surface area contributed by atoms with Crippen LogP contribution in [0.3, 0.4) is 0 Å². The Bertz CT molecular complexity index is 826. The Morgan fingerprint density at radius 1 is 1.00 bits per heavy atom. The minimum atomic E-state index is -3.63. The number of rotatable bonds is 6. The number of benzene rings is 2. The van der Waals surface area contributed by atoms with Gasteiger partial charge in [-0.05, 0) is 67.8 Å². The number of ether oxygens (including phenoxy) is 1. The van der Waals surface area contributed by atoms with Gasteiger partial charge in [-0.15, -0.1) is 0 Å². The lowest BCUT2D eigenvalue weighted by Crippen LogP contribution is -2.15. The lowest BCUT2D eigenvalue weighted by Gasteiger charge is -2.15. The van der Waals surface area contributed by atoms with Gasteiger partial charge in [0.05, 0.1) is 12.0 Å². The topological polar surface area (TPSA) is 67.4 Å². The lowest BCUT2D eigenvalue weighted by molar-refractivity contribution is 0.414. The van der Waals surface area contributed by atoms with Crippen LogP contribution in [0, 0.1) is 6.92 Å². The summed E-state index contributed by atoms with van der Waals surface area (Å²) in [5.41, 5.74) is 2.22. The van der Waals surface area contributed by atoms with Gasteiger partial charge in [-0.2, -0.15) is 0 Å². The van der Waals surface area contributed by atoms with Crippen LogP contribution in [0.2, 0.25) is 0 Å². The van der Waals surface area contributed by atoms with E-state index in [-0.39, 0.29) is 4.90 Å². The van der Waals surface area contributed by atoms with Gasteiger partial charge < -0.3 is 10.1 Å². The van der Waals surface area contributed by atoms with E-state index in [0.717, 1.165) is 5.69 Å². The zero-order valence-corrected chi connectivity index (χ0v) is 15.4. The summed E-state index contributed by atoms with van der Waals surface area (Å²) in [6.45, 7) is 1.76. The van der Waals surface area contributed by atoms with Crippen molar-refractivity contribution in [3.63, 3.8) is 0 Å². The van der Waals surface area contributed by atoms with Crippen LogP contribution in [0.5, 0.6) is 5.75 Å². The molecule has 0 radical (unpaired) electrons. The van der Waals surface area contributed by atoms with Crippen LogP contribution < -0.4 is 14.8 Å². The molecule has 0 aromatic heterocycles. The fourth-order valence-electron chi connectivity index (χ4n) is 3.20. The molecule has 1 aliphatic rings. The number of aryl methyl sites for hydroxylation is 1. The minimum Gasteiger partial charge on any atom is -0.497 e. The largest absolute Gasteiger partial charge is 0.497 e. The summed E-state index contributed by atoms with van der Waals surface area (Å²) in [6, 6.07) is 12.9. The van der Waals surface area contributed by atoms with Crippen molar-refractivity contribution in [1.82, 2.24) is 0 Å². The second-order valence-electron chi connectivity index (χ2n) is 6.44. The Morgan fingerprint density at radius 2 is 1.64 bits per heavy atom. The summed E-state index contributed by atoms with van der Waals surface area (Å²) in [5.74, 6) is 0.638. The van der Waals surface area contributed by atoms with E-state index in [9.17, 15) is 8.42 Å². The standard InChI is InChI=1S/C19H24N2O3S/c1-14-13-18(24-2)11-12-19(14)25(22,23)21-17-9-7-16(8-10-17)20-15-5-3-4-6-15/h7-13,15,20-21H,3-6H2,1-2H3. The molecule has 0 saturated heterocycles. The maximum atomic E-state index is 12.6. The third-order valence-electron chi connectivity index (χ3n) is 4.53.